The molecule has 0 saturated carbocycles. The fourth-order valence-corrected chi connectivity index (χ4v) is 4.99. The number of fused-ring (bicyclic) bond motifs is 1. The van der Waals surface area contributed by atoms with Gasteiger partial charge in [-0.1, -0.05) is 6.07 Å². The molecule has 2 aromatic heterocycles. The van der Waals surface area contributed by atoms with Crippen molar-refractivity contribution in [3.05, 3.63) is 59.5 Å². The number of benzene rings is 2. The molecule has 198 valence electrons. The molecule has 0 aliphatic carbocycles. The van der Waals surface area contributed by atoms with Gasteiger partial charge in [0.1, 0.15) is 5.82 Å². The minimum Gasteiger partial charge on any atom is -0.379 e. The zero-order valence-corrected chi connectivity index (χ0v) is 21.3. The van der Waals surface area contributed by atoms with Crippen LogP contribution in [0.1, 0.15) is 15.9 Å². The number of rotatable bonds is 6. The average molecular weight is 519 g/mol. The molecule has 2 aliphatic heterocycles. The van der Waals surface area contributed by atoms with E-state index in [4.69, 9.17) is 9.72 Å². The molecular weight excluding hydrogens is 487 g/mol. The number of anilines is 2. The number of morpholine rings is 1. The number of halogens is 1. The van der Waals surface area contributed by atoms with Crippen LogP contribution in [0.3, 0.4) is 0 Å². The molecule has 4 aromatic rings. The van der Waals surface area contributed by atoms with E-state index in [-0.39, 0.29) is 5.56 Å². The maximum absolute atomic E-state index is 14.5. The molecule has 2 aromatic carbocycles. The Morgan fingerprint density at radius 2 is 1.89 bits per heavy atom. The smallest absolute Gasteiger partial charge is 0.255 e. The third kappa shape index (κ3) is 5.26. The minimum absolute atomic E-state index is 0.253. The zero-order chi connectivity index (χ0) is 26.1. The van der Waals surface area contributed by atoms with E-state index in [1.54, 1.807) is 12.3 Å². The molecule has 2 aliphatic rings. The van der Waals surface area contributed by atoms with Gasteiger partial charge < -0.3 is 24.8 Å². The molecular formula is C27H31FN8O2. The Labute approximate surface area is 219 Å². The fraction of sp³-hybridized carbons (Fsp3) is 0.370. The highest BCUT2D eigenvalue weighted by Crippen LogP contribution is 2.27. The van der Waals surface area contributed by atoms with Crippen LogP contribution in [0.5, 0.6) is 0 Å². The van der Waals surface area contributed by atoms with E-state index in [9.17, 15) is 9.18 Å². The molecule has 1 amide bonds. The molecule has 11 heteroatoms. The van der Waals surface area contributed by atoms with Crippen LogP contribution in [0.15, 0.2) is 42.6 Å². The minimum atomic E-state index is -0.441. The lowest BCUT2D eigenvalue weighted by Gasteiger charge is -2.34. The third-order valence-corrected chi connectivity index (χ3v) is 7.18. The summed E-state index contributed by atoms with van der Waals surface area (Å²) in [6.45, 7) is 7.55. The predicted octanol–water partition coefficient (Wildman–Crippen LogP) is 2.93. The highest BCUT2D eigenvalue weighted by Gasteiger charge is 2.20. The summed E-state index contributed by atoms with van der Waals surface area (Å²) in [6, 6.07) is 10.6. The number of nitrogens with one attached hydrogen (secondary N) is 3. The van der Waals surface area contributed by atoms with Crippen LogP contribution in [0, 0.1) is 5.82 Å². The molecule has 0 radical (unpaired) electrons. The van der Waals surface area contributed by atoms with E-state index >= 15 is 0 Å². The first kappa shape index (κ1) is 24.5. The van der Waals surface area contributed by atoms with E-state index in [0.717, 1.165) is 70.1 Å². The van der Waals surface area contributed by atoms with Crippen molar-refractivity contribution in [1.82, 2.24) is 30.0 Å². The lowest BCUT2D eigenvalue weighted by Crippen LogP contribution is -2.44. The molecule has 0 bridgehead atoms. The second-order valence-corrected chi connectivity index (χ2v) is 9.92. The maximum atomic E-state index is 14.5. The number of amides is 1. The number of piperazine rings is 1. The Hall–Kier alpha value is -3.80. The number of hydrogen-bond acceptors (Lipinski definition) is 7. The Morgan fingerprint density at radius 1 is 1.08 bits per heavy atom. The molecule has 3 N–H and O–H groups in total. The lowest BCUT2D eigenvalue weighted by atomic mass is 10.1. The van der Waals surface area contributed by atoms with E-state index in [1.807, 2.05) is 6.07 Å². The molecule has 0 spiro atoms. The van der Waals surface area contributed by atoms with Gasteiger partial charge in [-0.3, -0.25) is 14.8 Å². The van der Waals surface area contributed by atoms with E-state index < -0.39 is 11.7 Å². The predicted molar refractivity (Wildman–Crippen MR) is 144 cm³/mol. The molecule has 2 fully saturated rings. The van der Waals surface area contributed by atoms with E-state index in [0.29, 0.717) is 22.9 Å². The highest BCUT2D eigenvalue weighted by molar-refractivity contribution is 6.06. The van der Waals surface area contributed by atoms with Gasteiger partial charge in [0.25, 0.3) is 5.91 Å². The van der Waals surface area contributed by atoms with Crippen LogP contribution >= 0.6 is 0 Å². The Morgan fingerprint density at radius 3 is 2.71 bits per heavy atom. The van der Waals surface area contributed by atoms with Gasteiger partial charge in [-0.2, -0.15) is 5.10 Å². The number of aromatic nitrogens is 4. The van der Waals surface area contributed by atoms with Crippen molar-refractivity contribution in [3.8, 4) is 11.5 Å². The first-order chi connectivity index (χ1) is 18.5. The average Bonchev–Trinajstić information content (AvgIpc) is 3.55. The van der Waals surface area contributed by atoms with Crippen LogP contribution in [-0.2, 0) is 11.3 Å². The fourth-order valence-electron chi connectivity index (χ4n) is 4.99. The third-order valence-electron chi connectivity index (χ3n) is 7.18. The van der Waals surface area contributed by atoms with Gasteiger partial charge >= 0.3 is 0 Å². The normalized spacial score (nSPS) is 17.3. The number of H-pyrrole nitrogens is 2. The van der Waals surface area contributed by atoms with Gasteiger partial charge in [-0.25, -0.2) is 9.37 Å². The van der Waals surface area contributed by atoms with Crippen molar-refractivity contribution in [3.63, 3.8) is 0 Å². The van der Waals surface area contributed by atoms with Crippen LogP contribution in [0.25, 0.3) is 22.6 Å². The van der Waals surface area contributed by atoms with Crippen LogP contribution < -0.4 is 10.2 Å². The number of hydrogen-bond donors (Lipinski definition) is 3. The molecule has 4 heterocycles. The number of imidazole rings is 1. The monoisotopic (exact) mass is 518 g/mol. The van der Waals surface area contributed by atoms with Crippen molar-refractivity contribution in [1.29, 1.82) is 0 Å². The number of ether oxygens (including phenoxy) is 1. The molecule has 0 unspecified atom stereocenters. The molecule has 2 saturated heterocycles. The number of carbonyl (C=O) groups excluding carboxylic acids is 1. The summed E-state index contributed by atoms with van der Waals surface area (Å²) in [5.41, 5.74) is 4.80. The molecule has 10 nitrogen and oxygen atoms in total. The standard InChI is InChI=1S/C27H31FN8O2/c1-34-4-6-36(7-5-34)21-14-19(13-20(28)15-21)27(37)32-24-16-29-33-25(24)26-30-22-3-2-18(12-23(22)31-26)17-35-8-10-38-11-9-35/h2-3,12-16H,4-11,17H2,1H3,(H,29,33)(H,30,31)(H,32,37). The first-order valence-electron chi connectivity index (χ1n) is 12.9. The first-order valence-corrected chi connectivity index (χ1v) is 12.9. The number of likely N-dealkylation sites (N-methyl/N-ethyl adjacent to an activating group) is 1. The van der Waals surface area contributed by atoms with Gasteiger partial charge in [0.05, 0.1) is 29.9 Å². The largest absolute Gasteiger partial charge is 0.379 e. The van der Waals surface area contributed by atoms with Gasteiger partial charge in [0.2, 0.25) is 0 Å². The van der Waals surface area contributed by atoms with Crippen LogP contribution in [0.4, 0.5) is 15.8 Å². The summed E-state index contributed by atoms with van der Waals surface area (Å²) >= 11 is 0. The van der Waals surface area contributed by atoms with Gasteiger partial charge in [-0.15, -0.1) is 0 Å². The maximum Gasteiger partial charge on any atom is 0.255 e. The second kappa shape index (κ2) is 10.5. The lowest BCUT2D eigenvalue weighted by molar-refractivity contribution is 0.0342. The summed E-state index contributed by atoms with van der Waals surface area (Å²) in [6.07, 6.45) is 1.60. The molecule has 0 atom stereocenters. The second-order valence-electron chi connectivity index (χ2n) is 9.92. The van der Waals surface area contributed by atoms with Gasteiger partial charge in [0.15, 0.2) is 11.5 Å². The van der Waals surface area contributed by atoms with Crippen LogP contribution in [0.2, 0.25) is 0 Å². The van der Waals surface area contributed by atoms with Gasteiger partial charge in [-0.05, 0) is 42.9 Å². The SMILES string of the molecule is CN1CCN(c2cc(F)cc(C(=O)Nc3c[nH]nc3-c3nc4cc(CN5CCOCC5)ccc4[nH]3)c2)CC1. The van der Waals surface area contributed by atoms with E-state index in [1.165, 1.54) is 17.7 Å². The summed E-state index contributed by atoms with van der Waals surface area (Å²) in [7, 11) is 2.07. The van der Waals surface area contributed by atoms with Crippen molar-refractivity contribution in [2.24, 2.45) is 0 Å². The number of aromatic amines is 2. The van der Waals surface area contributed by atoms with Crippen LogP contribution in [-0.4, -0.2) is 95.4 Å². The van der Waals surface area contributed by atoms with Crippen molar-refractivity contribution < 1.29 is 13.9 Å². The number of nitrogens with zero attached hydrogens (tertiary/aromatic N) is 5. The molecule has 38 heavy (non-hydrogen) atoms. The zero-order valence-electron chi connectivity index (χ0n) is 21.3. The quantitative estimate of drug-likeness (QED) is 0.361. The topological polar surface area (TPSA) is 105 Å². The summed E-state index contributed by atoms with van der Waals surface area (Å²) in [4.78, 5) is 27.9. The summed E-state index contributed by atoms with van der Waals surface area (Å²) in [5.74, 6) is -0.312. The Kier molecular flexibility index (Phi) is 6.79. The Bertz CT molecular complexity index is 1440. The number of carbonyl (C=O) groups is 1. The van der Waals surface area contributed by atoms with Crippen molar-refractivity contribution >= 4 is 28.3 Å². The van der Waals surface area contributed by atoms with Crippen molar-refractivity contribution in [2.45, 2.75) is 6.54 Å². The summed E-state index contributed by atoms with van der Waals surface area (Å²) < 4.78 is 19.9. The Balaban J connectivity index is 1.20. The molecule has 6 rings (SSSR count). The van der Waals surface area contributed by atoms with Gasteiger partial charge in [0, 0.05) is 63.3 Å². The van der Waals surface area contributed by atoms with Crippen molar-refractivity contribution in [2.75, 3.05) is 69.7 Å². The summed E-state index contributed by atoms with van der Waals surface area (Å²) in [5, 5.41) is 10.0. The highest BCUT2D eigenvalue weighted by atomic mass is 19.1. The van der Waals surface area contributed by atoms with E-state index in [2.05, 4.69) is 54.4 Å².